The van der Waals surface area contributed by atoms with Crippen molar-refractivity contribution < 1.29 is 32.0 Å². The molecule has 1 fully saturated rings. The van der Waals surface area contributed by atoms with Crippen LogP contribution in [0, 0.1) is 10.8 Å². The number of carbonyl (C=O) groups excluding carboxylic acids is 2. The number of rotatable bonds is 14. The van der Waals surface area contributed by atoms with Crippen molar-refractivity contribution in [3.05, 3.63) is 35.4 Å². The molecule has 1 amide bonds. The second-order valence-corrected chi connectivity index (χ2v) is 12.3. The van der Waals surface area contributed by atoms with Crippen LogP contribution in [0.15, 0.2) is 24.3 Å². The summed E-state index contributed by atoms with van der Waals surface area (Å²) < 4.78 is 54.7. The van der Waals surface area contributed by atoms with Gasteiger partial charge in [0.1, 0.15) is 0 Å². The number of aliphatic hydroxyl groups is 1. The molecule has 3 N–H and O–H groups in total. The minimum Gasteiger partial charge on any atom is -0.469 e. The number of hydrogen-bond acceptors (Lipinski definition) is 7. The quantitative estimate of drug-likeness (QED) is 0.265. The van der Waals surface area contributed by atoms with Gasteiger partial charge in [-0.25, -0.2) is 13.8 Å². The van der Waals surface area contributed by atoms with Crippen molar-refractivity contribution in [3.8, 4) is 0 Å². The van der Waals surface area contributed by atoms with E-state index in [1.54, 1.807) is 32.0 Å². The molecule has 192 valence electrons. The molecular weight excluding hydrogens is 456 g/mol. The van der Waals surface area contributed by atoms with Gasteiger partial charge in [0.15, 0.2) is 9.84 Å². The van der Waals surface area contributed by atoms with Crippen LogP contribution in [0.1, 0.15) is 68.0 Å². The maximum absolute atomic E-state index is 13.4. The van der Waals surface area contributed by atoms with Crippen LogP contribution in [0.5, 0.6) is 0 Å². The molecule has 1 saturated carbocycles. The number of hydrazine groups is 1. The second kappa shape index (κ2) is 11.2. The van der Waals surface area contributed by atoms with Crippen LogP contribution in [0.2, 0.25) is 0 Å². The molecular formula is C25H40N2O6S. The van der Waals surface area contributed by atoms with Crippen LogP contribution in [-0.4, -0.2) is 57.7 Å². The second-order valence-electron chi connectivity index (χ2n) is 10.1. The van der Waals surface area contributed by atoms with Crippen LogP contribution in [0.25, 0.3) is 0 Å². The Kier molecular flexibility index (Phi) is 7.81. The van der Waals surface area contributed by atoms with Gasteiger partial charge in [-0.05, 0) is 55.5 Å². The summed E-state index contributed by atoms with van der Waals surface area (Å²) in [6.07, 6.45) is 2.33. The molecule has 8 nitrogen and oxygen atoms in total. The summed E-state index contributed by atoms with van der Waals surface area (Å²) in [5.41, 5.74) is 2.83. The first kappa shape index (κ1) is 23.8. The average Bonchev–Trinajstić information content (AvgIpc) is 3.55. The molecule has 0 aromatic heterocycles. The van der Waals surface area contributed by atoms with E-state index < -0.39 is 45.4 Å². The molecule has 0 spiro atoms. The largest absolute Gasteiger partial charge is 0.469 e. The lowest BCUT2D eigenvalue weighted by molar-refractivity contribution is -0.147. The maximum atomic E-state index is 13.4. The Hall–Kier alpha value is -1.97. The molecule has 1 aliphatic carbocycles. The highest BCUT2D eigenvalue weighted by atomic mass is 32.2. The van der Waals surface area contributed by atoms with Crippen molar-refractivity contribution in [1.82, 2.24) is 10.9 Å². The summed E-state index contributed by atoms with van der Waals surface area (Å²) in [6.45, 7) is 0.363. The molecule has 0 heterocycles. The van der Waals surface area contributed by atoms with E-state index in [0.29, 0.717) is 31.2 Å². The number of amides is 1. The number of aliphatic hydroxyl groups excluding tert-OH is 1. The van der Waals surface area contributed by atoms with Crippen molar-refractivity contribution in [2.45, 2.75) is 64.6 Å². The zero-order chi connectivity index (χ0) is 28.1. The highest BCUT2D eigenvalue weighted by molar-refractivity contribution is 7.91. The molecule has 1 aromatic rings. The van der Waals surface area contributed by atoms with E-state index in [2.05, 4.69) is 10.9 Å². The molecule has 0 radical (unpaired) electrons. The van der Waals surface area contributed by atoms with Gasteiger partial charge in [0.05, 0.1) is 36.1 Å². The highest BCUT2D eigenvalue weighted by Crippen LogP contribution is 2.49. The number of carbonyl (C=O) groups is 2. The summed E-state index contributed by atoms with van der Waals surface area (Å²) in [5, 5.41) is 9.03. The lowest BCUT2D eigenvalue weighted by atomic mass is 9.75. The third-order valence-corrected chi connectivity index (χ3v) is 8.50. The van der Waals surface area contributed by atoms with E-state index in [-0.39, 0.29) is 30.3 Å². The van der Waals surface area contributed by atoms with E-state index in [1.165, 1.54) is 14.2 Å². The van der Waals surface area contributed by atoms with Gasteiger partial charge in [0.25, 0.3) is 0 Å². The Bertz CT molecular complexity index is 1070. The number of benzene rings is 1. The maximum Gasteiger partial charge on any atom is 0.312 e. The summed E-state index contributed by atoms with van der Waals surface area (Å²) in [4.78, 5) is 25.7. The van der Waals surface area contributed by atoms with Crippen molar-refractivity contribution in [2.24, 2.45) is 10.8 Å². The number of esters is 1. The molecule has 1 aliphatic rings. The summed E-state index contributed by atoms with van der Waals surface area (Å²) in [5.74, 6) is -1.51. The predicted octanol–water partition coefficient (Wildman–Crippen LogP) is 2.29. The first-order chi connectivity index (χ1) is 17.1. The van der Waals surface area contributed by atoms with Gasteiger partial charge < -0.3 is 9.84 Å². The van der Waals surface area contributed by atoms with E-state index >= 15 is 0 Å². The number of hydrogen-bond donors (Lipinski definition) is 3. The molecule has 1 unspecified atom stereocenters. The zero-order valence-electron chi connectivity index (χ0n) is 23.6. The van der Waals surface area contributed by atoms with Crippen LogP contribution in [-0.2, 0) is 36.0 Å². The van der Waals surface area contributed by atoms with Gasteiger partial charge >= 0.3 is 5.97 Å². The van der Waals surface area contributed by atoms with Crippen LogP contribution >= 0.6 is 0 Å². The fourth-order valence-electron chi connectivity index (χ4n) is 4.48. The highest BCUT2D eigenvalue weighted by Gasteiger charge is 2.51. The molecule has 1 atom stereocenters. The van der Waals surface area contributed by atoms with Gasteiger partial charge in [-0.1, -0.05) is 44.5 Å². The Balaban J connectivity index is 2.41. The van der Waals surface area contributed by atoms with Crippen molar-refractivity contribution in [1.29, 1.82) is 0 Å². The van der Waals surface area contributed by atoms with Gasteiger partial charge in [-0.15, -0.1) is 0 Å². The van der Waals surface area contributed by atoms with Crippen LogP contribution < -0.4 is 10.9 Å². The number of methoxy groups -OCH3 is 1. The standard InChI is InChI=1S/C25H40N2O6S/c1-23(2,18-34(31,32)15-14-28)10-7-11-24(3,21(29)27-26-4)20-9-6-8-19(16-20)17-25(12-13-25)22(30)33-5/h6,8-9,16,26,28H,7,10-15,17-18H2,1-5H3,(H,27,29)/i3D3. The van der Waals surface area contributed by atoms with Crippen molar-refractivity contribution in [3.63, 3.8) is 0 Å². The molecule has 9 heteroatoms. The Labute approximate surface area is 208 Å². The minimum absolute atomic E-state index is 0.0495. The van der Waals surface area contributed by atoms with Gasteiger partial charge in [0, 0.05) is 11.2 Å². The van der Waals surface area contributed by atoms with E-state index in [0.717, 1.165) is 5.56 Å². The molecule has 0 bridgehead atoms. The topological polar surface area (TPSA) is 122 Å². The fraction of sp³-hybridized carbons (Fsp3) is 0.680. The number of ether oxygens (including phenoxy) is 1. The lowest BCUT2D eigenvalue weighted by Gasteiger charge is -2.31. The van der Waals surface area contributed by atoms with Gasteiger partial charge in [0.2, 0.25) is 5.91 Å². The Morgan fingerprint density at radius 2 is 1.97 bits per heavy atom. The predicted molar refractivity (Wildman–Crippen MR) is 132 cm³/mol. The first-order valence-electron chi connectivity index (χ1n) is 13.0. The molecule has 0 saturated heterocycles. The van der Waals surface area contributed by atoms with Crippen LogP contribution in [0.3, 0.4) is 0 Å². The van der Waals surface area contributed by atoms with Crippen molar-refractivity contribution >= 4 is 21.7 Å². The summed E-state index contributed by atoms with van der Waals surface area (Å²) >= 11 is 0. The van der Waals surface area contributed by atoms with Crippen molar-refractivity contribution in [2.75, 3.05) is 32.3 Å². The first-order valence-corrected chi connectivity index (χ1v) is 13.4. The summed E-state index contributed by atoms with van der Waals surface area (Å²) in [7, 11) is -0.658. The third-order valence-electron chi connectivity index (χ3n) is 6.48. The third kappa shape index (κ3) is 7.26. The lowest BCUT2D eigenvalue weighted by Crippen LogP contribution is -2.47. The van der Waals surface area contributed by atoms with Gasteiger partial charge in [-0.2, -0.15) is 0 Å². The Morgan fingerprint density at radius 3 is 2.53 bits per heavy atom. The summed E-state index contributed by atoms with van der Waals surface area (Å²) in [6, 6.07) is 6.79. The molecule has 0 aliphatic heterocycles. The SMILES string of the molecule is [2H]C([2H])([2H])C(CCCC(C)(C)CS(=O)(=O)CCO)(C(=O)NNC)c1cccc(CC2(C(=O)OC)CC2)c1. The average molecular weight is 500 g/mol. The van der Waals surface area contributed by atoms with E-state index in [4.69, 9.17) is 14.0 Å². The van der Waals surface area contributed by atoms with E-state index in [1.807, 2.05) is 6.07 Å². The van der Waals surface area contributed by atoms with Gasteiger partial charge in [-0.3, -0.25) is 15.0 Å². The number of sulfone groups is 1. The molecule has 2 rings (SSSR count). The fourth-order valence-corrected chi connectivity index (χ4v) is 6.24. The Morgan fingerprint density at radius 1 is 1.26 bits per heavy atom. The smallest absolute Gasteiger partial charge is 0.312 e. The normalized spacial score (nSPS) is 18.7. The molecule has 1 aromatic carbocycles. The monoisotopic (exact) mass is 499 g/mol. The zero-order valence-corrected chi connectivity index (χ0v) is 21.4. The van der Waals surface area contributed by atoms with E-state index in [9.17, 15) is 18.0 Å². The minimum atomic E-state index is -3.48. The van der Waals surface area contributed by atoms with Crippen LogP contribution in [0.4, 0.5) is 0 Å². The molecule has 34 heavy (non-hydrogen) atoms. The number of nitrogens with one attached hydrogen (secondary N) is 2.